The topological polar surface area (TPSA) is 20.3 Å². The molecule has 1 atom stereocenters. The van der Waals surface area contributed by atoms with E-state index >= 15 is 0 Å². The molecule has 96 valence electrons. The second kappa shape index (κ2) is 4.93. The Hall–Kier alpha value is -1.02. The fourth-order valence-electron chi connectivity index (χ4n) is 2.74. The first-order valence-corrected chi connectivity index (χ1v) is 7.22. The fraction of sp³-hybridized carbons (Fsp3) is 0.533. The summed E-state index contributed by atoms with van der Waals surface area (Å²) in [5.74, 6) is 0.719. The van der Waals surface area contributed by atoms with E-state index in [-0.39, 0.29) is 5.91 Å². The predicted molar refractivity (Wildman–Crippen MR) is 72.8 cm³/mol. The molecule has 0 spiro atoms. The van der Waals surface area contributed by atoms with Crippen LogP contribution in [0.2, 0.25) is 0 Å². The van der Waals surface area contributed by atoms with Crippen molar-refractivity contribution in [3.8, 4) is 0 Å². The number of nitrogens with zero attached hydrogens (tertiary/aromatic N) is 1. The molecule has 3 heteroatoms. The van der Waals surface area contributed by atoms with Crippen LogP contribution in [0.4, 0.5) is 0 Å². The van der Waals surface area contributed by atoms with Crippen LogP contribution in [0, 0.1) is 0 Å². The summed E-state index contributed by atoms with van der Waals surface area (Å²) in [6.07, 6.45) is 4.69. The average molecular weight is 264 g/mol. The Morgan fingerprint density at radius 1 is 1.22 bits per heavy atom. The van der Waals surface area contributed by atoms with Gasteiger partial charge in [0.15, 0.2) is 0 Å². The minimum absolute atomic E-state index is 0.0854. The summed E-state index contributed by atoms with van der Waals surface area (Å²) in [5.41, 5.74) is 2.31. The number of carbonyl (C=O) groups is 1. The zero-order chi connectivity index (χ0) is 12.5. The van der Waals surface area contributed by atoms with Gasteiger partial charge in [0, 0.05) is 13.1 Å². The third-order valence-corrected chi connectivity index (χ3v) is 4.34. The highest BCUT2D eigenvalue weighted by Gasteiger charge is 2.32. The van der Waals surface area contributed by atoms with Crippen molar-refractivity contribution in [3.63, 3.8) is 0 Å². The summed E-state index contributed by atoms with van der Waals surface area (Å²) in [7, 11) is 0. The van der Waals surface area contributed by atoms with E-state index in [1.807, 2.05) is 23.1 Å². The monoisotopic (exact) mass is 263 g/mol. The molecule has 0 aromatic heterocycles. The maximum absolute atomic E-state index is 12.3. The molecule has 1 heterocycles. The maximum atomic E-state index is 12.3. The number of benzene rings is 1. The van der Waals surface area contributed by atoms with E-state index in [1.165, 1.54) is 18.4 Å². The minimum atomic E-state index is -0.500. The molecule has 2 aliphatic rings. The highest BCUT2D eigenvalue weighted by Crippen LogP contribution is 2.44. The summed E-state index contributed by atoms with van der Waals surface area (Å²) < 4.78 is 0. The van der Waals surface area contributed by atoms with Crippen molar-refractivity contribution in [2.75, 3.05) is 13.1 Å². The zero-order valence-corrected chi connectivity index (χ0v) is 11.2. The molecule has 1 amide bonds. The van der Waals surface area contributed by atoms with Gasteiger partial charge >= 0.3 is 0 Å². The van der Waals surface area contributed by atoms with Crippen molar-refractivity contribution in [3.05, 3.63) is 35.4 Å². The molecule has 0 N–H and O–H groups in total. The van der Waals surface area contributed by atoms with Crippen LogP contribution >= 0.6 is 11.6 Å². The number of likely N-dealkylation sites (tertiary alicyclic amines) is 1. The Morgan fingerprint density at radius 3 is 2.56 bits per heavy atom. The van der Waals surface area contributed by atoms with Gasteiger partial charge in [-0.2, -0.15) is 0 Å². The first-order valence-electron chi connectivity index (χ1n) is 6.79. The standard InChI is InChI=1S/C15H18ClNO/c16-14(15(18)17-9-3-4-10-17)13-6-2-1-5-12(13)11-7-8-11/h1-2,5-6,11,14H,3-4,7-10H2. The van der Waals surface area contributed by atoms with Crippen LogP contribution in [-0.4, -0.2) is 23.9 Å². The van der Waals surface area contributed by atoms with Gasteiger partial charge in [-0.15, -0.1) is 11.6 Å². The molecule has 0 radical (unpaired) electrons. The molecule has 1 unspecified atom stereocenters. The Bertz CT molecular complexity index is 450. The van der Waals surface area contributed by atoms with E-state index in [1.54, 1.807) is 0 Å². The number of halogens is 1. The smallest absolute Gasteiger partial charge is 0.245 e. The highest BCUT2D eigenvalue weighted by molar-refractivity contribution is 6.30. The number of hydrogen-bond acceptors (Lipinski definition) is 1. The summed E-state index contributed by atoms with van der Waals surface area (Å²) in [6.45, 7) is 1.74. The molecule has 1 saturated carbocycles. The van der Waals surface area contributed by atoms with Crippen LogP contribution in [0.3, 0.4) is 0 Å². The van der Waals surface area contributed by atoms with Crippen LogP contribution in [0.25, 0.3) is 0 Å². The lowest BCUT2D eigenvalue weighted by Gasteiger charge is -2.21. The van der Waals surface area contributed by atoms with Crippen LogP contribution < -0.4 is 0 Å². The van der Waals surface area contributed by atoms with Crippen LogP contribution in [0.5, 0.6) is 0 Å². The molecule has 3 rings (SSSR count). The fourth-order valence-corrected chi connectivity index (χ4v) is 3.08. The maximum Gasteiger partial charge on any atom is 0.245 e. The highest BCUT2D eigenvalue weighted by atomic mass is 35.5. The first-order chi connectivity index (χ1) is 8.77. The molecule has 1 aliphatic carbocycles. The quantitative estimate of drug-likeness (QED) is 0.765. The van der Waals surface area contributed by atoms with Gasteiger partial charge in [-0.05, 0) is 42.7 Å². The Morgan fingerprint density at radius 2 is 1.89 bits per heavy atom. The first kappa shape index (κ1) is 12.0. The van der Waals surface area contributed by atoms with Crippen LogP contribution in [-0.2, 0) is 4.79 Å². The molecule has 2 nitrogen and oxygen atoms in total. The summed E-state index contributed by atoms with van der Waals surface area (Å²) in [5, 5.41) is -0.500. The van der Waals surface area contributed by atoms with Crippen LogP contribution in [0.1, 0.15) is 48.1 Å². The number of hydrogen-bond donors (Lipinski definition) is 0. The molecule has 2 fully saturated rings. The molecule has 1 aromatic carbocycles. The van der Waals surface area contributed by atoms with Crippen molar-refractivity contribution in [1.82, 2.24) is 4.90 Å². The van der Waals surface area contributed by atoms with Gasteiger partial charge in [0.25, 0.3) is 0 Å². The molecule has 18 heavy (non-hydrogen) atoms. The van der Waals surface area contributed by atoms with Gasteiger partial charge in [0.2, 0.25) is 5.91 Å². The number of rotatable bonds is 3. The second-order valence-corrected chi connectivity index (χ2v) is 5.73. The van der Waals surface area contributed by atoms with E-state index in [0.717, 1.165) is 31.5 Å². The Balaban J connectivity index is 1.82. The molecule has 1 aromatic rings. The van der Waals surface area contributed by atoms with Gasteiger partial charge in [-0.3, -0.25) is 4.79 Å². The third kappa shape index (κ3) is 2.26. The molecular weight excluding hydrogens is 246 g/mol. The van der Waals surface area contributed by atoms with Gasteiger partial charge in [-0.25, -0.2) is 0 Å². The molecular formula is C15H18ClNO. The summed E-state index contributed by atoms with van der Waals surface area (Å²) >= 11 is 6.42. The zero-order valence-electron chi connectivity index (χ0n) is 10.4. The van der Waals surface area contributed by atoms with Crippen LogP contribution in [0.15, 0.2) is 24.3 Å². The number of carbonyl (C=O) groups excluding carboxylic acids is 1. The van der Waals surface area contributed by atoms with E-state index in [4.69, 9.17) is 11.6 Å². The van der Waals surface area contributed by atoms with Crippen molar-refractivity contribution in [2.24, 2.45) is 0 Å². The Labute approximate surface area is 113 Å². The van der Waals surface area contributed by atoms with E-state index in [9.17, 15) is 4.79 Å². The largest absolute Gasteiger partial charge is 0.341 e. The van der Waals surface area contributed by atoms with Crippen molar-refractivity contribution >= 4 is 17.5 Å². The van der Waals surface area contributed by atoms with Gasteiger partial charge in [0.05, 0.1) is 0 Å². The molecule has 1 aliphatic heterocycles. The Kier molecular flexibility index (Phi) is 3.29. The van der Waals surface area contributed by atoms with E-state index in [0.29, 0.717) is 5.92 Å². The summed E-state index contributed by atoms with van der Waals surface area (Å²) in [6, 6.07) is 8.16. The second-order valence-electron chi connectivity index (χ2n) is 5.30. The van der Waals surface area contributed by atoms with Gasteiger partial charge < -0.3 is 4.90 Å². The number of alkyl halides is 1. The lowest BCUT2D eigenvalue weighted by molar-refractivity contribution is -0.129. The predicted octanol–water partition coefficient (Wildman–Crippen LogP) is 3.47. The van der Waals surface area contributed by atoms with Crippen molar-refractivity contribution in [1.29, 1.82) is 0 Å². The normalized spacial score (nSPS) is 21.1. The van der Waals surface area contributed by atoms with Gasteiger partial charge in [0.1, 0.15) is 5.38 Å². The number of amides is 1. The van der Waals surface area contributed by atoms with E-state index in [2.05, 4.69) is 6.07 Å². The lowest BCUT2D eigenvalue weighted by atomic mass is 10.00. The summed E-state index contributed by atoms with van der Waals surface area (Å²) in [4.78, 5) is 14.2. The van der Waals surface area contributed by atoms with Crippen molar-refractivity contribution < 1.29 is 4.79 Å². The molecule has 1 saturated heterocycles. The third-order valence-electron chi connectivity index (χ3n) is 3.92. The average Bonchev–Trinajstić information content (AvgIpc) is 3.12. The lowest BCUT2D eigenvalue weighted by Crippen LogP contribution is -2.31. The molecule has 0 bridgehead atoms. The van der Waals surface area contributed by atoms with Crippen molar-refractivity contribution in [2.45, 2.75) is 37.0 Å². The minimum Gasteiger partial charge on any atom is -0.341 e. The van der Waals surface area contributed by atoms with Gasteiger partial charge in [-0.1, -0.05) is 24.3 Å². The SMILES string of the molecule is O=C(C(Cl)c1ccccc1C1CC1)N1CCCC1. The van der Waals surface area contributed by atoms with E-state index < -0.39 is 5.38 Å².